The highest BCUT2D eigenvalue weighted by atomic mass is 32.1. The molecule has 0 bridgehead atoms. The van der Waals surface area contributed by atoms with Crippen LogP contribution in [0.2, 0.25) is 0 Å². The van der Waals surface area contributed by atoms with Crippen LogP contribution in [0.4, 0.5) is 0 Å². The van der Waals surface area contributed by atoms with Gasteiger partial charge in [0.2, 0.25) is 0 Å². The second-order valence-corrected chi connectivity index (χ2v) is 14.2. The Bertz CT molecular complexity index is 2890. The summed E-state index contributed by atoms with van der Waals surface area (Å²) in [5.41, 5.74) is 15.7. The summed E-state index contributed by atoms with van der Waals surface area (Å²) in [4.78, 5) is 0. The molecular weight excluding hydrogens is 647 g/mol. The van der Waals surface area contributed by atoms with Crippen molar-refractivity contribution in [3.05, 3.63) is 168 Å². The zero-order valence-electron chi connectivity index (χ0n) is 27.6. The SMILES string of the molecule is NC(NC(NCc1cccc2c1oc1ccc(-c3cccc4c3oc3ccccc34)cc12)c1ccc2sc3ccccc3c2c1)c1ccccc1. The number of fused-ring (bicyclic) bond motifs is 9. The van der Waals surface area contributed by atoms with E-state index in [1.807, 2.05) is 41.7 Å². The predicted octanol–water partition coefficient (Wildman–Crippen LogP) is 11.6. The molecule has 3 aromatic heterocycles. The molecule has 0 radical (unpaired) electrons. The van der Waals surface area contributed by atoms with Gasteiger partial charge in [0.25, 0.3) is 0 Å². The first kappa shape index (κ1) is 30.1. The molecule has 246 valence electrons. The van der Waals surface area contributed by atoms with Crippen molar-refractivity contribution in [1.29, 1.82) is 0 Å². The highest BCUT2D eigenvalue weighted by molar-refractivity contribution is 7.25. The molecule has 7 aromatic carbocycles. The first-order valence-electron chi connectivity index (χ1n) is 17.2. The number of para-hydroxylation sites is 3. The second-order valence-electron chi connectivity index (χ2n) is 13.1. The van der Waals surface area contributed by atoms with E-state index in [1.54, 1.807) is 0 Å². The summed E-state index contributed by atoms with van der Waals surface area (Å²) in [5.74, 6) is 0. The number of nitrogens with two attached hydrogens (primary N) is 1. The fourth-order valence-electron chi connectivity index (χ4n) is 7.48. The Hall–Kier alpha value is -5.76. The molecule has 10 aromatic rings. The van der Waals surface area contributed by atoms with Gasteiger partial charge in [-0.25, -0.2) is 0 Å². The molecule has 5 nitrogen and oxygen atoms in total. The third-order valence-electron chi connectivity index (χ3n) is 10.0. The molecule has 2 atom stereocenters. The zero-order chi connectivity index (χ0) is 33.9. The van der Waals surface area contributed by atoms with Crippen molar-refractivity contribution < 1.29 is 8.83 Å². The molecule has 0 aliphatic carbocycles. The summed E-state index contributed by atoms with van der Waals surface area (Å²) in [6.07, 6.45) is -0.589. The lowest BCUT2D eigenvalue weighted by Crippen LogP contribution is -2.39. The van der Waals surface area contributed by atoms with Gasteiger partial charge in [0.05, 0.1) is 12.3 Å². The van der Waals surface area contributed by atoms with E-state index in [-0.39, 0.29) is 12.3 Å². The van der Waals surface area contributed by atoms with Gasteiger partial charge in [-0.2, -0.15) is 0 Å². The van der Waals surface area contributed by atoms with Crippen LogP contribution in [-0.2, 0) is 6.54 Å². The number of furan rings is 2. The second kappa shape index (κ2) is 12.2. The maximum atomic E-state index is 6.77. The number of benzene rings is 7. The third-order valence-corrected chi connectivity index (χ3v) is 11.2. The molecule has 0 spiro atoms. The Morgan fingerprint density at radius 3 is 2.14 bits per heavy atom. The van der Waals surface area contributed by atoms with Crippen LogP contribution in [0.3, 0.4) is 0 Å². The van der Waals surface area contributed by atoms with Gasteiger partial charge in [0, 0.05) is 59.4 Å². The summed E-state index contributed by atoms with van der Waals surface area (Å²) in [6, 6.07) is 52.9. The Balaban J connectivity index is 1.01. The summed E-state index contributed by atoms with van der Waals surface area (Å²) in [6.45, 7) is 0.573. The summed E-state index contributed by atoms with van der Waals surface area (Å²) < 4.78 is 15.5. The minimum absolute atomic E-state index is 0.223. The van der Waals surface area contributed by atoms with E-state index in [0.29, 0.717) is 6.54 Å². The Morgan fingerprint density at radius 1 is 0.529 bits per heavy atom. The third kappa shape index (κ3) is 5.20. The Kier molecular flexibility index (Phi) is 7.22. The van der Waals surface area contributed by atoms with Crippen molar-refractivity contribution in [3.63, 3.8) is 0 Å². The first-order chi connectivity index (χ1) is 25.2. The van der Waals surface area contributed by atoms with E-state index < -0.39 is 0 Å². The molecule has 2 unspecified atom stereocenters. The van der Waals surface area contributed by atoms with Crippen LogP contribution in [0.15, 0.2) is 160 Å². The average Bonchev–Trinajstić information content (AvgIpc) is 3.87. The van der Waals surface area contributed by atoms with Crippen molar-refractivity contribution in [1.82, 2.24) is 10.6 Å². The van der Waals surface area contributed by atoms with Crippen molar-refractivity contribution in [3.8, 4) is 11.1 Å². The first-order valence-corrected chi connectivity index (χ1v) is 18.1. The van der Waals surface area contributed by atoms with E-state index in [2.05, 4.69) is 132 Å². The Morgan fingerprint density at radius 2 is 1.24 bits per heavy atom. The maximum absolute atomic E-state index is 6.77. The van der Waals surface area contributed by atoms with Crippen LogP contribution in [-0.4, -0.2) is 0 Å². The largest absolute Gasteiger partial charge is 0.456 e. The predicted molar refractivity (Wildman–Crippen MR) is 212 cm³/mol. The topological polar surface area (TPSA) is 76.4 Å². The van der Waals surface area contributed by atoms with Crippen LogP contribution in [0.5, 0.6) is 0 Å². The van der Waals surface area contributed by atoms with Crippen LogP contribution in [0, 0.1) is 0 Å². The lowest BCUT2D eigenvalue weighted by Gasteiger charge is -2.25. The summed E-state index contributed by atoms with van der Waals surface area (Å²) in [7, 11) is 0. The van der Waals surface area contributed by atoms with Crippen molar-refractivity contribution >= 4 is 75.4 Å². The van der Waals surface area contributed by atoms with Gasteiger partial charge in [-0.15, -0.1) is 11.3 Å². The molecule has 51 heavy (non-hydrogen) atoms. The van der Waals surface area contributed by atoms with Gasteiger partial charge in [-0.05, 0) is 53.1 Å². The highest BCUT2D eigenvalue weighted by Crippen LogP contribution is 2.39. The molecular formula is C45H33N3O2S. The minimum Gasteiger partial charge on any atom is -0.456 e. The van der Waals surface area contributed by atoms with Crippen LogP contribution in [0.25, 0.3) is 75.2 Å². The smallest absolute Gasteiger partial charge is 0.143 e. The lowest BCUT2D eigenvalue weighted by molar-refractivity contribution is 0.386. The molecule has 0 saturated carbocycles. The van der Waals surface area contributed by atoms with Crippen molar-refractivity contribution in [2.24, 2.45) is 5.73 Å². The number of hydrogen-bond acceptors (Lipinski definition) is 6. The monoisotopic (exact) mass is 679 g/mol. The molecule has 0 saturated heterocycles. The van der Waals surface area contributed by atoms with E-state index in [4.69, 9.17) is 14.6 Å². The number of nitrogens with one attached hydrogen (secondary N) is 2. The standard InChI is InChI=1S/C45H33N3O2S/c46-44(27-10-2-1-3-11-27)48-45(29-21-23-41-37(25-29)33-14-5-7-19-40(33)51-41)47-26-30-12-8-16-35-36-24-28(20-22-39(36)49-42(30)35)31-15-9-17-34-32-13-4-6-18-38(32)50-43(31)34/h1-25,44-45,47-48H,26,46H2. The molecule has 10 rings (SSSR count). The molecule has 3 heterocycles. The molecule has 0 aliphatic heterocycles. The van der Waals surface area contributed by atoms with Gasteiger partial charge in [-0.1, -0.05) is 115 Å². The molecule has 0 amide bonds. The van der Waals surface area contributed by atoms with Crippen LogP contribution < -0.4 is 16.4 Å². The van der Waals surface area contributed by atoms with Gasteiger partial charge in [0.1, 0.15) is 22.3 Å². The van der Waals surface area contributed by atoms with Gasteiger partial charge >= 0.3 is 0 Å². The maximum Gasteiger partial charge on any atom is 0.143 e. The van der Waals surface area contributed by atoms with Crippen LogP contribution >= 0.6 is 11.3 Å². The molecule has 6 heteroatoms. The molecule has 0 aliphatic rings. The van der Waals surface area contributed by atoms with Gasteiger partial charge < -0.3 is 14.6 Å². The van der Waals surface area contributed by atoms with E-state index in [0.717, 1.165) is 71.7 Å². The van der Waals surface area contributed by atoms with E-state index in [9.17, 15) is 0 Å². The van der Waals surface area contributed by atoms with Crippen molar-refractivity contribution in [2.75, 3.05) is 0 Å². The van der Waals surface area contributed by atoms with Crippen LogP contribution in [0.1, 0.15) is 29.0 Å². The highest BCUT2D eigenvalue weighted by Gasteiger charge is 2.20. The number of rotatable bonds is 8. The normalized spacial score (nSPS) is 13.3. The average molecular weight is 680 g/mol. The van der Waals surface area contributed by atoms with E-state index in [1.165, 1.54) is 20.2 Å². The number of thiophene rings is 1. The van der Waals surface area contributed by atoms with E-state index >= 15 is 0 Å². The summed E-state index contributed by atoms with van der Waals surface area (Å²) >= 11 is 1.82. The Labute approximate surface area is 297 Å². The molecule has 0 fully saturated rings. The van der Waals surface area contributed by atoms with Gasteiger partial charge in [0.15, 0.2) is 0 Å². The summed E-state index contributed by atoms with van der Waals surface area (Å²) in [5, 5.41) is 14.4. The lowest BCUT2D eigenvalue weighted by atomic mass is 10.00. The quantitative estimate of drug-likeness (QED) is 0.139. The van der Waals surface area contributed by atoms with Gasteiger partial charge in [-0.3, -0.25) is 10.6 Å². The fourth-order valence-corrected chi connectivity index (χ4v) is 8.57. The minimum atomic E-state index is -0.366. The molecule has 4 N–H and O–H groups in total. The van der Waals surface area contributed by atoms with Crippen molar-refractivity contribution in [2.45, 2.75) is 18.9 Å². The zero-order valence-corrected chi connectivity index (χ0v) is 28.4. The fraction of sp³-hybridized carbons (Fsp3) is 0.0667. The number of hydrogen-bond donors (Lipinski definition) is 3.